The van der Waals surface area contributed by atoms with Crippen molar-refractivity contribution in [2.24, 2.45) is 11.8 Å². The summed E-state index contributed by atoms with van der Waals surface area (Å²) in [4.78, 5) is 0. The monoisotopic (exact) mass is 434 g/mol. The number of anilines is 1. The largest absolute Gasteiger partial charge is 0.343 e. The first-order chi connectivity index (χ1) is 13.7. The first kappa shape index (κ1) is 17.5. The summed E-state index contributed by atoms with van der Waals surface area (Å²) < 4.78 is 0.743. The predicted molar refractivity (Wildman–Crippen MR) is 108 cm³/mol. The number of fused-ring (bicyclic) bond motifs is 4. The number of piperidine rings is 2. The quantitative estimate of drug-likeness (QED) is 0.667. The third kappa shape index (κ3) is 2.58. The number of allylic oxidation sites excluding steroid dienone is 1. The Hall–Kier alpha value is -2.61. The van der Waals surface area contributed by atoms with E-state index in [2.05, 4.69) is 48.9 Å². The van der Waals surface area contributed by atoms with Crippen LogP contribution in [-0.2, 0) is 0 Å². The highest BCUT2D eigenvalue weighted by atomic mass is 79.9. The summed E-state index contributed by atoms with van der Waals surface area (Å²) >= 11 is 3.60. The molecule has 2 bridgehead atoms. The first-order valence-corrected chi connectivity index (χ1v) is 10.4. The van der Waals surface area contributed by atoms with E-state index >= 15 is 0 Å². The molecule has 0 radical (unpaired) electrons. The summed E-state index contributed by atoms with van der Waals surface area (Å²) in [5, 5.41) is 34.1. The van der Waals surface area contributed by atoms with Gasteiger partial charge >= 0.3 is 0 Å². The molecule has 3 aliphatic heterocycles. The Morgan fingerprint density at radius 2 is 2.04 bits per heavy atom. The molecule has 4 heterocycles. The molecule has 140 valence electrons. The van der Waals surface area contributed by atoms with E-state index in [1.54, 1.807) is 12.3 Å². The summed E-state index contributed by atoms with van der Waals surface area (Å²) in [5.74, 6) is 1.55. The fourth-order valence-corrected chi connectivity index (χ4v) is 5.63. The second kappa shape index (κ2) is 6.77. The zero-order valence-electron chi connectivity index (χ0n) is 15.2. The van der Waals surface area contributed by atoms with Crippen molar-refractivity contribution in [1.29, 1.82) is 10.5 Å². The van der Waals surface area contributed by atoms with Gasteiger partial charge in [0.25, 0.3) is 0 Å². The smallest absolute Gasteiger partial charge is 0.129 e. The van der Waals surface area contributed by atoms with E-state index in [4.69, 9.17) is 0 Å². The molecule has 6 rings (SSSR count). The molecule has 3 N–H and O–H groups in total. The van der Waals surface area contributed by atoms with E-state index in [1.165, 1.54) is 6.42 Å². The number of aromatic nitrogens is 2. The van der Waals surface area contributed by atoms with Crippen LogP contribution in [0.1, 0.15) is 41.9 Å². The maximum Gasteiger partial charge on any atom is 0.129 e. The molecule has 1 aromatic heterocycles. The number of nitrogens with zero attached hydrogens (tertiary/aromatic N) is 3. The Morgan fingerprint density at radius 3 is 2.71 bits per heavy atom. The summed E-state index contributed by atoms with van der Waals surface area (Å²) in [6.07, 6.45) is 5.28. The second-order valence-electron chi connectivity index (χ2n) is 7.82. The maximum absolute atomic E-state index is 10.2. The van der Waals surface area contributed by atoms with Gasteiger partial charge in [0.15, 0.2) is 0 Å². The topological polar surface area (TPSA) is 100 Å². The van der Waals surface area contributed by atoms with Crippen molar-refractivity contribution in [3.05, 3.63) is 56.8 Å². The van der Waals surface area contributed by atoms with Crippen LogP contribution in [0.4, 0.5) is 5.82 Å². The van der Waals surface area contributed by atoms with Crippen molar-refractivity contribution in [3.8, 4) is 12.1 Å². The van der Waals surface area contributed by atoms with Gasteiger partial charge < -0.3 is 10.6 Å². The molecule has 2 aromatic rings. The van der Waals surface area contributed by atoms with Crippen LogP contribution < -0.4 is 10.6 Å². The molecule has 1 saturated carbocycles. The van der Waals surface area contributed by atoms with E-state index in [0.717, 1.165) is 52.1 Å². The third-order valence-electron chi connectivity index (χ3n) is 6.40. The van der Waals surface area contributed by atoms with Crippen LogP contribution in [0.25, 0.3) is 0 Å². The van der Waals surface area contributed by atoms with Gasteiger partial charge in [0.2, 0.25) is 0 Å². The first-order valence-electron chi connectivity index (χ1n) is 9.57. The minimum absolute atomic E-state index is 0.252. The summed E-state index contributed by atoms with van der Waals surface area (Å²) in [6.45, 7) is 1.07. The van der Waals surface area contributed by atoms with Gasteiger partial charge in [0, 0.05) is 27.7 Å². The Kier molecular flexibility index (Phi) is 4.23. The van der Waals surface area contributed by atoms with Gasteiger partial charge in [-0.3, -0.25) is 5.10 Å². The van der Waals surface area contributed by atoms with Gasteiger partial charge in [0.05, 0.1) is 29.3 Å². The fraction of sp³-hybridized carbons (Fsp3) is 0.381. The molecule has 1 unspecified atom stereocenters. The summed E-state index contributed by atoms with van der Waals surface area (Å²) in [7, 11) is 0. The van der Waals surface area contributed by atoms with Gasteiger partial charge in [0.1, 0.15) is 11.9 Å². The number of nitrogens with one attached hydrogen (secondary N) is 3. The fourth-order valence-electron chi connectivity index (χ4n) is 5.05. The molecule has 4 aliphatic rings. The SMILES string of the molecule is N#CC1=C([C@@H]2C[C@@H]3CC[C@H]2NC3)Nc2[nH]ncc2C1c1cccc(C#N)c1Br. The van der Waals surface area contributed by atoms with Crippen LogP contribution in [0.5, 0.6) is 0 Å². The number of nitriles is 2. The molecule has 0 spiro atoms. The summed E-state index contributed by atoms with van der Waals surface area (Å²) in [5.41, 5.74) is 4.15. The number of H-pyrrole nitrogens is 1. The van der Waals surface area contributed by atoms with E-state index in [1.807, 2.05) is 12.1 Å². The highest BCUT2D eigenvalue weighted by Crippen LogP contribution is 2.48. The molecule has 1 aliphatic carbocycles. The number of benzene rings is 1. The van der Waals surface area contributed by atoms with E-state index in [9.17, 15) is 10.5 Å². The average molecular weight is 435 g/mol. The minimum Gasteiger partial charge on any atom is -0.343 e. The van der Waals surface area contributed by atoms with Crippen molar-refractivity contribution in [2.75, 3.05) is 11.9 Å². The third-order valence-corrected chi connectivity index (χ3v) is 7.28. The number of aromatic amines is 1. The number of hydrogen-bond donors (Lipinski definition) is 3. The highest BCUT2D eigenvalue weighted by molar-refractivity contribution is 9.10. The van der Waals surface area contributed by atoms with Crippen LogP contribution in [0, 0.1) is 34.5 Å². The van der Waals surface area contributed by atoms with Gasteiger partial charge in [-0.2, -0.15) is 15.6 Å². The molecule has 6 nitrogen and oxygen atoms in total. The Balaban J connectivity index is 1.68. The van der Waals surface area contributed by atoms with Crippen molar-refractivity contribution in [3.63, 3.8) is 0 Å². The maximum atomic E-state index is 10.2. The molecule has 7 heteroatoms. The number of rotatable bonds is 2. The predicted octanol–water partition coefficient (Wildman–Crippen LogP) is 3.77. The second-order valence-corrected chi connectivity index (χ2v) is 8.61. The molecule has 2 saturated heterocycles. The molecule has 28 heavy (non-hydrogen) atoms. The minimum atomic E-state index is -0.252. The lowest BCUT2D eigenvalue weighted by atomic mass is 9.70. The number of hydrogen-bond acceptors (Lipinski definition) is 5. The van der Waals surface area contributed by atoms with Crippen LogP contribution in [0.2, 0.25) is 0 Å². The van der Waals surface area contributed by atoms with Crippen LogP contribution >= 0.6 is 15.9 Å². The Morgan fingerprint density at radius 1 is 1.14 bits per heavy atom. The Bertz CT molecular complexity index is 1050. The molecule has 3 fully saturated rings. The lowest BCUT2D eigenvalue weighted by Gasteiger charge is -2.45. The lowest BCUT2D eigenvalue weighted by molar-refractivity contribution is 0.160. The van der Waals surface area contributed by atoms with E-state index in [-0.39, 0.29) is 5.92 Å². The standard InChI is InChI=1S/C21H19BrN6/c22-19-12(7-23)2-1-3-13(19)18-15(8-24)20(27-21-16(18)10-26-28-21)14-6-11-4-5-17(14)25-9-11/h1-3,10-11,14,17-18,25H,4-6,9H2,(H2,26,27,28)/t11-,14+,17+,18?/m0/s1. The zero-order chi connectivity index (χ0) is 19.3. The summed E-state index contributed by atoms with van der Waals surface area (Å²) in [6, 6.07) is 10.8. The van der Waals surface area contributed by atoms with Crippen LogP contribution in [-0.4, -0.2) is 22.8 Å². The molecular weight excluding hydrogens is 416 g/mol. The van der Waals surface area contributed by atoms with Gasteiger partial charge in [-0.15, -0.1) is 0 Å². The van der Waals surface area contributed by atoms with Crippen molar-refractivity contribution in [1.82, 2.24) is 15.5 Å². The molecule has 0 amide bonds. The van der Waals surface area contributed by atoms with Crippen molar-refractivity contribution >= 4 is 21.7 Å². The zero-order valence-corrected chi connectivity index (χ0v) is 16.8. The lowest BCUT2D eigenvalue weighted by Crippen LogP contribution is -2.52. The normalized spacial score (nSPS) is 28.2. The van der Waals surface area contributed by atoms with Crippen LogP contribution in [0.3, 0.4) is 0 Å². The highest BCUT2D eigenvalue weighted by Gasteiger charge is 2.42. The number of halogens is 1. The van der Waals surface area contributed by atoms with E-state index < -0.39 is 0 Å². The van der Waals surface area contributed by atoms with Gasteiger partial charge in [-0.05, 0) is 59.3 Å². The van der Waals surface area contributed by atoms with E-state index in [0.29, 0.717) is 23.4 Å². The van der Waals surface area contributed by atoms with Crippen LogP contribution in [0.15, 0.2) is 40.1 Å². The van der Waals surface area contributed by atoms with Gasteiger partial charge in [-0.1, -0.05) is 12.1 Å². The average Bonchev–Trinajstić information content (AvgIpc) is 3.22. The van der Waals surface area contributed by atoms with Gasteiger partial charge in [-0.25, -0.2) is 0 Å². The van der Waals surface area contributed by atoms with Crippen molar-refractivity contribution < 1.29 is 0 Å². The molecule has 1 aromatic carbocycles. The molecular formula is C21H19BrN6. The molecule has 4 atom stereocenters. The Labute approximate surface area is 171 Å². The van der Waals surface area contributed by atoms with Crippen molar-refractivity contribution in [2.45, 2.75) is 31.2 Å².